The van der Waals surface area contributed by atoms with Gasteiger partial charge in [-0.15, -0.1) is 0 Å². The van der Waals surface area contributed by atoms with E-state index in [9.17, 15) is 13.2 Å². The van der Waals surface area contributed by atoms with Crippen LogP contribution in [0.15, 0.2) is 36.4 Å². The van der Waals surface area contributed by atoms with Crippen LogP contribution in [0.1, 0.15) is 6.92 Å². The van der Waals surface area contributed by atoms with Crippen LogP contribution in [0.5, 0.6) is 5.75 Å². The summed E-state index contributed by atoms with van der Waals surface area (Å²) in [5, 5.41) is 0. The van der Waals surface area contributed by atoms with Gasteiger partial charge in [0.1, 0.15) is 0 Å². The standard InChI is InChI=1S/C11H13NO4S/c1-8(2)11(13)16-10-7-5-4-6-9(10)12-17(3,14)15/h4-7,12H,1H2,2-3H3. The lowest BCUT2D eigenvalue weighted by Gasteiger charge is -2.10. The summed E-state index contributed by atoms with van der Waals surface area (Å²) in [6.07, 6.45) is 1.02. The quantitative estimate of drug-likeness (QED) is 0.503. The van der Waals surface area contributed by atoms with Crippen LogP contribution < -0.4 is 9.46 Å². The Kier molecular flexibility index (Phi) is 3.90. The molecule has 5 nitrogen and oxygen atoms in total. The summed E-state index contributed by atoms with van der Waals surface area (Å²) in [5.41, 5.74) is 0.448. The van der Waals surface area contributed by atoms with Gasteiger partial charge in [0.2, 0.25) is 10.0 Å². The fraction of sp³-hybridized carbons (Fsp3) is 0.182. The molecule has 0 atom stereocenters. The van der Waals surface area contributed by atoms with E-state index in [0.717, 1.165) is 6.26 Å². The third kappa shape index (κ3) is 4.28. The summed E-state index contributed by atoms with van der Waals surface area (Å²) >= 11 is 0. The van der Waals surface area contributed by atoms with Crippen LogP contribution in [0.2, 0.25) is 0 Å². The number of carbonyl (C=O) groups is 1. The summed E-state index contributed by atoms with van der Waals surface area (Å²) in [5.74, 6) is -0.460. The smallest absolute Gasteiger partial charge is 0.338 e. The van der Waals surface area contributed by atoms with Gasteiger partial charge in [-0.3, -0.25) is 4.72 Å². The Morgan fingerprint density at radius 2 is 1.94 bits per heavy atom. The van der Waals surface area contributed by atoms with Crippen LogP contribution in [0.25, 0.3) is 0 Å². The largest absolute Gasteiger partial charge is 0.421 e. The van der Waals surface area contributed by atoms with Gasteiger partial charge in [-0.25, -0.2) is 13.2 Å². The molecule has 0 aliphatic carbocycles. The van der Waals surface area contributed by atoms with Crippen molar-refractivity contribution in [2.24, 2.45) is 0 Å². The molecular weight excluding hydrogens is 242 g/mol. The molecule has 0 heterocycles. The monoisotopic (exact) mass is 255 g/mol. The lowest BCUT2D eigenvalue weighted by atomic mass is 10.3. The van der Waals surface area contributed by atoms with Crippen molar-refractivity contribution in [2.75, 3.05) is 11.0 Å². The summed E-state index contributed by atoms with van der Waals surface area (Å²) in [7, 11) is -3.42. The van der Waals surface area contributed by atoms with Gasteiger partial charge in [0, 0.05) is 5.57 Å². The molecule has 0 bridgehead atoms. The second kappa shape index (κ2) is 5.01. The minimum Gasteiger partial charge on any atom is -0.421 e. The summed E-state index contributed by atoms with van der Waals surface area (Å²) in [6, 6.07) is 6.26. The fourth-order valence-corrected chi connectivity index (χ4v) is 1.59. The van der Waals surface area contributed by atoms with E-state index in [0.29, 0.717) is 0 Å². The van der Waals surface area contributed by atoms with Crippen LogP contribution in [-0.2, 0) is 14.8 Å². The highest BCUT2D eigenvalue weighted by molar-refractivity contribution is 7.92. The van der Waals surface area contributed by atoms with Crippen molar-refractivity contribution in [3.63, 3.8) is 0 Å². The average Bonchev–Trinajstić information content (AvgIpc) is 2.18. The van der Waals surface area contributed by atoms with Crippen LogP contribution >= 0.6 is 0 Å². The first kappa shape index (κ1) is 13.2. The first-order valence-electron chi connectivity index (χ1n) is 4.74. The van der Waals surface area contributed by atoms with E-state index in [1.165, 1.54) is 19.1 Å². The molecule has 0 aliphatic rings. The van der Waals surface area contributed by atoms with E-state index < -0.39 is 16.0 Å². The lowest BCUT2D eigenvalue weighted by molar-refractivity contribution is -0.130. The van der Waals surface area contributed by atoms with Crippen molar-refractivity contribution in [2.45, 2.75) is 6.92 Å². The molecule has 0 aliphatic heterocycles. The number of anilines is 1. The van der Waals surface area contributed by atoms with E-state index in [1.807, 2.05) is 0 Å². The Morgan fingerprint density at radius 3 is 2.47 bits per heavy atom. The maximum Gasteiger partial charge on any atom is 0.338 e. The van der Waals surface area contributed by atoms with Gasteiger partial charge in [-0.2, -0.15) is 0 Å². The zero-order valence-corrected chi connectivity index (χ0v) is 10.4. The molecule has 6 heteroatoms. The number of benzene rings is 1. The molecule has 0 spiro atoms. The highest BCUT2D eigenvalue weighted by atomic mass is 32.2. The number of ether oxygens (including phenoxy) is 1. The number of hydrogen-bond donors (Lipinski definition) is 1. The number of para-hydroxylation sites is 2. The van der Waals surface area contributed by atoms with Gasteiger partial charge in [-0.1, -0.05) is 18.7 Å². The molecule has 1 aromatic carbocycles. The number of sulfonamides is 1. The Balaban J connectivity index is 3.00. The summed E-state index contributed by atoms with van der Waals surface area (Å²) in [4.78, 5) is 11.3. The molecule has 92 valence electrons. The van der Waals surface area contributed by atoms with Gasteiger partial charge in [0.15, 0.2) is 5.75 Å². The highest BCUT2D eigenvalue weighted by Crippen LogP contribution is 2.25. The van der Waals surface area contributed by atoms with Crippen LogP contribution in [0.4, 0.5) is 5.69 Å². The van der Waals surface area contributed by atoms with Crippen LogP contribution in [-0.4, -0.2) is 20.6 Å². The van der Waals surface area contributed by atoms with Crippen molar-refractivity contribution >= 4 is 21.7 Å². The highest BCUT2D eigenvalue weighted by Gasteiger charge is 2.11. The molecule has 1 aromatic rings. The van der Waals surface area contributed by atoms with E-state index in [-0.39, 0.29) is 17.0 Å². The van der Waals surface area contributed by atoms with Crippen molar-refractivity contribution in [3.05, 3.63) is 36.4 Å². The molecule has 1 rings (SSSR count). The number of rotatable bonds is 4. The predicted octanol–water partition coefficient (Wildman–Crippen LogP) is 1.54. The van der Waals surface area contributed by atoms with E-state index in [4.69, 9.17) is 4.74 Å². The molecule has 0 amide bonds. The summed E-state index contributed by atoms with van der Waals surface area (Å²) < 4.78 is 29.5. The predicted molar refractivity (Wildman–Crippen MR) is 65.4 cm³/mol. The average molecular weight is 255 g/mol. The Labute approximate surface area is 100 Å². The minimum atomic E-state index is -3.42. The third-order valence-corrected chi connectivity index (χ3v) is 2.32. The number of carbonyl (C=O) groups excluding carboxylic acids is 1. The minimum absolute atomic E-state index is 0.144. The number of nitrogens with one attached hydrogen (secondary N) is 1. The van der Waals surface area contributed by atoms with Gasteiger partial charge in [0.05, 0.1) is 11.9 Å². The zero-order chi connectivity index (χ0) is 13.1. The van der Waals surface area contributed by atoms with E-state index >= 15 is 0 Å². The maximum atomic E-state index is 11.3. The zero-order valence-electron chi connectivity index (χ0n) is 9.56. The second-order valence-corrected chi connectivity index (χ2v) is 5.29. The van der Waals surface area contributed by atoms with Gasteiger partial charge in [0.25, 0.3) is 0 Å². The third-order valence-electron chi connectivity index (χ3n) is 1.73. The van der Waals surface area contributed by atoms with Gasteiger partial charge >= 0.3 is 5.97 Å². The van der Waals surface area contributed by atoms with Crippen LogP contribution in [0, 0.1) is 0 Å². The van der Waals surface area contributed by atoms with Gasteiger partial charge < -0.3 is 4.74 Å². The molecule has 1 N–H and O–H groups in total. The molecule has 0 unspecified atom stereocenters. The molecular formula is C11H13NO4S. The van der Waals surface area contributed by atoms with E-state index in [1.54, 1.807) is 12.1 Å². The lowest BCUT2D eigenvalue weighted by Crippen LogP contribution is -2.13. The van der Waals surface area contributed by atoms with Crippen molar-refractivity contribution in [1.82, 2.24) is 0 Å². The normalized spacial score (nSPS) is 10.7. The first-order valence-corrected chi connectivity index (χ1v) is 6.63. The Hall–Kier alpha value is -1.82. The first-order chi connectivity index (χ1) is 7.79. The molecule has 0 saturated carbocycles. The fourth-order valence-electron chi connectivity index (χ4n) is 1.03. The van der Waals surface area contributed by atoms with E-state index in [2.05, 4.69) is 11.3 Å². The van der Waals surface area contributed by atoms with Crippen molar-refractivity contribution < 1.29 is 17.9 Å². The van der Waals surface area contributed by atoms with Crippen LogP contribution in [0.3, 0.4) is 0 Å². The second-order valence-electron chi connectivity index (χ2n) is 3.54. The SMILES string of the molecule is C=C(C)C(=O)Oc1ccccc1NS(C)(=O)=O. The molecule has 0 radical (unpaired) electrons. The molecule has 0 fully saturated rings. The number of esters is 1. The molecule has 0 aromatic heterocycles. The maximum absolute atomic E-state index is 11.3. The number of hydrogen-bond acceptors (Lipinski definition) is 4. The van der Waals surface area contributed by atoms with Crippen molar-refractivity contribution in [3.8, 4) is 5.75 Å². The van der Waals surface area contributed by atoms with Gasteiger partial charge in [-0.05, 0) is 19.1 Å². The van der Waals surface area contributed by atoms with Crippen molar-refractivity contribution in [1.29, 1.82) is 0 Å². The topological polar surface area (TPSA) is 72.5 Å². The summed E-state index contributed by atoms with van der Waals surface area (Å²) in [6.45, 7) is 4.95. The molecule has 17 heavy (non-hydrogen) atoms. The molecule has 0 saturated heterocycles. The Bertz CT molecular complexity index is 548. The Morgan fingerprint density at radius 1 is 1.35 bits per heavy atom.